The third kappa shape index (κ3) is 5.98. The molecule has 0 bridgehead atoms. The van der Waals surface area contributed by atoms with Crippen LogP contribution in [0.5, 0.6) is 0 Å². The van der Waals surface area contributed by atoms with Gasteiger partial charge in [0.15, 0.2) is 0 Å². The number of hydrogen-bond acceptors (Lipinski definition) is 7. The molecule has 0 aliphatic heterocycles. The summed E-state index contributed by atoms with van der Waals surface area (Å²) in [4.78, 5) is 28.6. The predicted octanol–water partition coefficient (Wildman–Crippen LogP) is 3.69. The Morgan fingerprint density at radius 3 is 2.56 bits per heavy atom. The van der Waals surface area contributed by atoms with Crippen molar-refractivity contribution >= 4 is 17.3 Å². The van der Waals surface area contributed by atoms with Gasteiger partial charge in [-0.1, -0.05) is 42.0 Å². The summed E-state index contributed by atoms with van der Waals surface area (Å²) in [6.07, 6.45) is 2.30. The highest BCUT2D eigenvalue weighted by atomic mass is 32.2. The van der Waals surface area contributed by atoms with Gasteiger partial charge in [-0.05, 0) is 42.3 Å². The first-order valence-electron chi connectivity index (χ1n) is 10.9. The predicted molar refractivity (Wildman–Crippen MR) is 133 cm³/mol. The molecular weight excluding hydrogens is 482 g/mol. The fraction of sp³-hybridized carbons (Fsp3) is 0.154. The lowest BCUT2D eigenvalue weighted by molar-refractivity contribution is 0.0600. The Labute approximate surface area is 209 Å². The number of ether oxygens (including phenoxy) is 1. The summed E-state index contributed by atoms with van der Waals surface area (Å²) in [6.45, 7) is 2.08. The van der Waals surface area contributed by atoms with Crippen molar-refractivity contribution in [3.63, 3.8) is 0 Å². The van der Waals surface area contributed by atoms with E-state index in [0.717, 1.165) is 5.56 Å². The minimum Gasteiger partial charge on any atom is -0.465 e. The number of esters is 1. The minimum absolute atomic E-state index is 0.142. The van der Waals surface area contributed by atoms with Gasteiger partial charge in [0.05, 0.1) is 24.9 Å². The number of nitrogens with zero attached hydrogens (tertiary/aromatic N) is 3. The SMILES string of the molecule is COC(=O)c1cccc(Cn2nc(-c3cncc(C(OS(=O)O)c4ccc(C)cc4)c3)ccc2=O)c1. The number of aromatic nitrogens is 3. The first kappa shape index (κ1) is 25.1. The van der Waals surface area contributed by atoms with Gasteiger partial charge in [0.1, 0.15) is 6.10 Å². The molecule has 2 heterocycles. The fourth-order valence-electron chi connectivity index (χ4n) is 3.67. The standard InChI is InChI=1S/C26H23N3O6S/c1-17-6-8-19(9-7-17)25(35-36(32)33)22-13-21(14-27-15-22)23-10-11-24(30)29(28-23)16-18-4-3-5-20(12-18)26(31)34-2/h3-15,25H,16H2,1-2H3,(H,32,33). The molecule has 4 aromatic rings. The number of carbonyl (C=O) groups excluding carboxylic acids is 1. The topological polar surface area (TPSA) is 121 Å². The summed E-state index contributed by atoms with van der Waals surface area (Å²) in [6, 6.07) is 18.9. The second kappa shape index (κ2) is 11.2. The van der Waals surface area contributed by atoms with Crippen molar-refractivity contribution in [2.45, 2.75) is 19.6 Å². The Bertz CT molecular complexity index is 1470. The van der Waals surface area contributed by atoms with Crippen molar-refractivity contribution in [3.05, 3.63) is 117 Å². The number of carbonyl (C=O) groups is 1. The number of hydrogen-bond donors (Lipinski definition) is 1. The van der Waals surface area contributed by atoms with Crippen LogP contribution >= 0.6 is 0 Å². The number of aryl methyl sites for hydroxylation is 1. The summed E-state index contributed by atoms with van der Waals surface area (Å²) in [5.74, 6) is -0.469. The summed E-state index contributed by atoms with van der Waals surface area (Å²) in [5.41, 5.74) is 4.10. The van der Waals surface area contributed by atoms with E-state index in [2.05, 4.69) is 10.1 Å². The highest BCUT2D eigenvalue weighted by Crippen LogP contribution is 2.29. The molecule has 4 rings (SSSR count). The second-order valence-electron chi connectivity index (χ2n) is 8.02. The molecule has 1 N–H and O–H groups in total. The fourth-order valence-corrected chi connectivity index (χ4v) is 4.06. The lowest BCUT2D eigenvalue weighted by Crippen LogP contribution is -2.23. The molecule has 0 saturated carbocycles. The van der Waals surface area contributed by atoms with E-state index in [4.69, 9.17) is 8.92 Å². The Kier molecular flexibility index (Phi) is 7.79. The van der Waals surface area contributed by atoms with Gasteiger partial charge >= 0.3 is 17.3 Å². The van der Waals surface area contributed by atoms with Crippen LogP contribution in [0.4, 0.5) is 0 Å². The maximum absolute atomic E-state index is 12.5. The highest BCUT2D eigenvalue weighted by Gasteiger charge is 2.19. The van der Waals surface area contributed by atoms with E-state index >= 15 is 0 Å². The average molecular weight is 506 g/mol. The van der Waals surface area contributed by atoms with Crippen LogP contribution in [0.2, 0.25) is 0 Å². The van der Waals surface area contributed by atoms with E-state index in [9.17, 15) is 18.4 Å². The normalized spacial score (nSPS) is 12.6. The zero-order valence-electron chi connectivity index (χ0n) is 19.5. The minimum atomic E-state index is -2.51. The van der Waals surface area contributed by atoms with Crippen LogP contribution in [0.15, 0.2) is 83.9 Å². The molecule has 0 amide bonds. The number of benzene rings is 2. The average Bonchev–Trinajstić information content (AvgIpc) is 2.89. The van der Waals surface area contributed by atoms with Crippen LogP contribution in [0, 0.1) is 6.92 Å². The molecule has 0 radical (unpaired) electrons. The molecule has 0 aliphatic rings. The third-order valence-corrected chi connectivity index (χ3v) is 5.82. The van der Waals surface area contributed by atoms with Crippen molar-refractivity contribution in [2.75, 3.05) is 7.11 Å². The van der Waals surface area contributed by atoms with E-state index in [-0.39, 0.29) is 12.1 Å². The van der Waals surface area contributed by atoms with Crippen molar-refractivity contribution < 1.29 is 22.5 Å². The van der Waals surface area contributed by atoms with Crippen LogP contribution in [0.1, 0.15) is 38.7 Å². The maximum Gasteiger partial charge on any atom is 0.337 e. The number of methoxy groups -OCH3 is 1. The molecule has 2 atom stereocenters. The van der Waals surface area contributed by atoms with E-state index in [1.54, 1.807) is 48.8 Å². The second-order valence-corrected chi connectivity index (χ2v) is 8.64. The van der Waals surface area contributed by atoms with Gasteiger partial charge in [0.2, 0.25) is 0 Å². The van der Waals surface area contributed by atoms with Crippen molar-refractivity contribution in [1.29, 1.82) is 0 Å². The molecular formula is C26H23N3O6S. The van der Waals surface area contributed by atoms with Crippen LogP contribution in [-0.4, -0.2) is 36.6 Å². The van der Waals surface area contributed by atoms with Gasteiger partial charge in [-0.25, -0.2) is 9.48 Å². The van der Waals surface area contributed by atoms with Gasteiger partial charge in [0, 0.05) is 29.6 Å². The van der Waals surface area contributed by atoms with Crippen molar-refractivity contribution in [3.8, 4) is 11.3 Å². The van der Waals surface area contributed by atoms with E-state index < -0.39 is 23.4 Å². The molecule has 9 nitrogen and oxygen atoms in total. The lowest BCUT2D eigenvalue weighted by atomic mass is 10.0. The van der Waals surface area contributed by atoms with E-state index in [1.807, 2.05) is 31.2 Å². The zero-order chi connectivity index (χ0) is 25.7. The summed E-state index contributed by atoms with van der Waals surface area (Å²) < 4.78 is 32.3. The first-order chi connectivity index (χ1) is 17.3. The van der Waals surface area contributed by atoms with Gasteiger partial charge < -0.3 is 4.74 Å². The van der Waals surface area contributed by atoms with Crippen LogP contribution in [0.3, 0.4) is 0 Å². The molecule has 2 aromatic heterocycles. The molecule has 2 aromatic carbocycles. The molecule has 0 fully saturated rings. The van der Waals surface area contributed by atoms with Crippen LogP contribution in [0.25, 0.3) is 11.3 Å². The zero-order valence-corrected chi connectivity index (χ0v) is 20.3. The van der Waals surface area contributed by atoms with E-state index in [1.165, 1.54) is 17.9 Å². The Hall–Kier alpha value is -3.99. The van der Waals surface area contributed by atoms with Gasteiger partial charge in [-0.3, -0.25) is 18.5 Å². The van der Waals surface area contributed by atoms with Gasteiger partial charge in [-0.15, -0.1) is 0 Å². The molecule has 36 heavy (non-hydrogen) atoms. The molecule has 0 aliphatic carbocycles. The van der Waals surface area contributed by atoms with E-state index in [0.29, 0.717) is 33.5 Å². The van der Waals surface area contributed by atoms with Gasteiger partial charge in [-0.2, -0.15) is 9.31 Å². The molecule has 0 saturated heterocycles. The van der Waals surface area contributed by atoms with Crippen molar-refractivity contribution in [2.24, 2.45) is 0 Å². The number of pyridine rings is 1. The maximum atomic E-state index is 12.5. The van der Waals surface area contributed by atoms with Gasteiger partial charge in [0.25, 0.3) is 5.56 Å². The summed E-state index contributed by atoms with van der Waals surface area (Å²) in [7, 11) is 1.30. The number of rotatable bonds is 8. The summed E-state index contributed by atoms with van der Waals surface area (Å²) in [5, 5.41) is 4.48. The molecule has 0 spiro atoms. The quantitative estimate of drug-likeness (QED) is 0.284. The third-order valence-electron chi connectivity index (χ3n) is 5.46. The lowest BCUT2D eigenvalue weighted by Gasteiger charge is -2.17. The smallest absolute Gasteiger partial charge is 0.337 e. The molecule has 2 unspecified atom stereocenters. The first-order valence-corrected chi connectivity index (χ1v) is 11.9. The summed E-state index contributed by atoms with van der Waals surface area (Å²) >= 11 is -2.51. The van der Waals surface area contributed by atoms with Crippen molar-refractivity contribution in [1.82, 2.24) is 14.8 Å². The van der Waals surface area contributed by atoms with Crippen LogP contribution < -0.4 is 5.56 Å². The Morgan fingerprint density at radius 1 is 1.06 bits per heavy atom. The van der Waals surface area contributed by atoms with Crippen LogP contribution in [-0.2, 0) is 26.8 Å². The molecule has 10 heteroatoms. The highest BCUT2D eigenvalue weighted by molar-refractivity contribution is 7.74. The Balaban J connectivity index is 1.67. The monoisotopic (exact) mass is 505 g/mol. The Morgan fingerprint density at radius 2 is 1.83 bits per heavy atom. The largest absolute Gasteiger partial charge is 0.465 e. The molecule has 184 valence electrons.